The molecule has 0 radical (unpaired) electrons. The lowest BCUT2D eigenvalue weighted by atomic mass is 10.2. The Labute approximate surface area is 128 Å². The van der Waals surface area contributed by atoms with Gasteiger partial charge < -0.3 is 15.4 Å². The first kappa shape index (κ1) is 14.9. The Balaban J connectivity index is 1.93. The van der Waals surface area contributed by atoms with Gasteiger partial charge in [-0.1, -0.05) is 35.9 Å². The zero-order chi connectivity index (χ0) is 15.1. The fraction of sp³-hybridized carbons (Fsp3) is 0.0625. The van der Waals surface area contributed by atoms with Crippen LogP contribution in [0.1, 0.15) is 5.56 Å². The van der Waals surface area contributed by atoms with E-state index in [1.807, 2.05) is 24.3 Å². The van der Waals surface area contributed by atoms with Crippen LogP contribution in [0.15, 0.2) is 54.7 Å². The van der Waals surface area contributed by atoms with Crippen LogP contribution < -0.4 is 15.4 Å². The van der Waals surface area contributed by atoms with Crippen molar-refractivity contribution in [3.63, 3.8) is 0 Å². The van der Waals surface area contributed by atoms with E-state index in [0.717, 1.165) is 11.3 Å². The number of anilines is 1. The number of halogens is 1. The minimum absolute atomic E-state index is 0.344. The number of amides is 2. The number of hydrogen-bond donors (Lipinski definition) is 2. The lowest BCUT2D eigenvalue weighted by molar-refractivity contribution is 0.255. The normalized spacial score (nSPS) is 10.4. The number of benzene rings is 2. The van der Waals surface area contributed by atoms with Crippen LogP contribution >= 0.6 is 11.6 Å². The molecule has 0 aromatic heterocycles. The number of hydrogen-bond acceptors (Lipinski definition) is 2. The molecule has 108 valence electrons. The van der Waals surface area contributed by atoms with Gasteiger partial charge in [0.2, 0.25) is 0 Å². The van der Waals surface area contributed by atoms with Gasteiger partial charge in [-0.3, -0.25) is 0 Å². The number of ether oxygens (including phenoxy) is 1. The molecule has 4 nitrogen and oxygen atoms in total. The molecule has 2 amide bonds. The molecule has 0 unspecified atom stereocenters. The summed E-state index contributed by atoms with van der Waals surface area (Å²) in [6, 6.07) is 14.1. The van der Waals surface area contributed by atoms with Crippen molar-refractivity contribution in [3.05, 3.63) is 65.3 Å². The lowest BCUT2D eigenvalue weighted by Gasteiger charge is -2.05. The zero-order valence-electron chi connectivity index (χ0n) is 11.5. The number of carbonyl (C=O) groups is 1. The molecule has 0 fully saturated rings. The molecular weight excluding hydrogens is 288 g/mol. The molecule has 0 aliphatic heterocycles. The highest BCUT2D eigenvalue weighted by molar-refractivity contribution is 6.30. The molecule has 0 atom stereocenters. The minimum atomic E-state index is -0.344. The molecular formula is C16H15ClN2O2. The van der Waals surface area contributed by atoms with Crippen molar-refractivity contribution in [2.45, 2.75) is 0 Å². The first-order valence-electron chi connectivity index (χ1n) is 6.31. The van der Waals surface area contributed by atoms with Gasteiger partial charge in [-0.15, -0.1) is 0 Å². The van der Waals surface area contributed by atoms with E-state index in [1.54, 1.807) is 43.7 Å². The highest BCUT2D eigenvalue weighted by atomic mass is 35.5. The van der Waals surface area contributed by atoms with Crippen LogP contribution in [-0.2, 0) is 0 Å². The molecule has 21 heavy (non-hydrogen) atoms. The smallest absolute Gasteiger partial charge is 0.323 e. The first-order chi connectivity index (χ1) is 10.2. The topological polar surface area (TPSA) is 50.4 Å². The van der Waals surface area contributed by atoms with E-state index in [2.05, 4.69) is 10.6 Å². The van der Waals surface area contributed by atoms with Crippen LogP contribution in [0.2, 0.25) is 5.02 Å². The molecule has 2 aromatic rings. The fourth-order valence-electron chi connectivity index (χ4n) is 1.74. The van der Waals surface area contributed by atoms with E-state index in [-0.39, 0.29) is 6.03 Å². The van der Waals surface area contributed by atoms with Crippen LogP contribution in [0.5, 0.6) is 5.75 Å². The SMILES string of the molecule is COc1ccccc1/C=C/NC(=O)Nc1cccc(Cl)c1. The second-order valence-electron chi connectivity index (χ2n) is 4.18. The zero-order valence-corrected chi connectivity index (χ0v) is 12.2. The number of methoxy groups -OCH3 is 1. The summed E-state index contributed by atoms with van der Waals surface area (Å²) in [5.74, 6) is 0.741. The second kappa shape index (κ2) is 7.36. The van der Waals surface area contributed by atoms with Gasteiger partial charge in [-0.05, 0) is 30.3 Å². The Hall–Kier alpha value is -2.46. The summed E-state index contributed by atoms with van der Waals surface area (Å²) in [5.41, 5.74) is 1.51. The maximum Gasteiger partial charge on any atom is 0.323 e. The Morgan fingerprint density at radius 3 is 2.76 bits per heavy atom. The Morgan fingerprint density at radius 1 is 1.19 bits per heavy atom. The first-order valence-corrected chi connectivity index (χ1v) is 6.69. The van der Waals surface area contributed by atoms with E-state index in [4.69, 9.17) is 16.3 Å². The van der Waals surface area contributed by atoms with Crippen molar-refractivity contribution in [2.75, 3.05) is 12.4 Å². The van der Waals surface area contributed by atoms with Crippen molar-refractivity contribution in [3.8, 4) is 5.75 Å². The molecule has 2 rings (SSSR count). The summed E-state index contributed by atoms with van der Waals surface area (Å²) < 4.78 is 5.22. The number of carbonyl (C=O) groups excluding carboxylic acids is 1. The average Bonchev–Trinajstić information content (AvgIpc) is 2.47. The van der Waals surface area contributed by atoms with Crippen LogP contribution in [0.4, 0.5) is 10.5 Å². The summed E-state index contributed by atoms with van der Waals surface area (Å²) in [5, 5.41) is 5.87. The minimum Gasteiger partial charge on any atom is -0.496 e. The molecule has 0 bridgehead atoms. The molecule has 2 N–H and O–H groups in total. The summed E-state index contributed by atoms with van der Waals surface area (Å²) in [6.45, 7) is 0. The van der Waals surface area contributed by atoms with Crippen LogP contribution in [0.25, 0.3) is 6.08 Å². The van der Waals surface area contributed by atoms with E-state index in [1.165, 1.54) is 0 Å². The van der Waals surface area contributed by atoms with Gasteiger partial charge in [-0.25, -0.2) is 4.79 Å². The molecule has 0 heterocycles. The van der Waals surface area contributed by atoms with Gasteiger partial charge in [0.05, 0.1) is 7.11 Å². The van der Waals surface area contributed by atoms with E-state index < -0.39 is 0 Å². The van der Waals surface area contributed by atoms with Crippen LogP contribution in [-0.4, -0.2) is 13.1 Å². The van der Waals surface area contributed by atoms with E-state index >= 15 is 0 Å². The maximum absolute atomic E-state index is 11.7. The van der Waals surface area contributed by atoms with Gasteiger partial charge in [0.25, 0.3) is 0 Å². The van der Waals surface area contributed by atoms with Gasteiger partial charge in [0, 0.05) is 22.5 Å². The van der Waals surface area contributed by atoms with Gasteiger partial charge in [0.15, 0.2) is 0 Å². The fourth-order valence-corrected chi connectivity index (χ4v) is 1.93. The van der Waals surface area contributed by atoms with Crippen molar-refractivity contribution in [2.24, 2.45) is 0 Å². The van der Waals surface area contributed by atoms with Gasteiger partial charge >= 0.3 is 6.03 Å². The number of urea groups is 1. The lowest BCUT2D eigenvalue weighted by Crippen LogP contribution is -2.23. The molecule has 5 heteroatoms. The number of nitrogens with one attached hydrogen (secondary N) is 2. The highest BCUT2D eigenvalue weighted by Gasteiger charge is 2.00. The average molecular weight is 303 g/mol. The predicted octanol–water partition coefficient (Wildman–Crippen LogP) is 4.14. The third-order valence-electron chi connectivity index (χ3n) is 2.70. The second-order valence-corrected chi connectivity index (χ2v) is 4.62. The van der Waals surface area contributed by atoms with Crippen molar-refractivity contribution >= 4 is 29.4 Å². The number of para-hydroxylation sites is 1. The molecule has 2 aromatic carbocycles. The van der Waals surface area contributed by atoms with Gasteiger partial charge in [0.1, 0.15) is 5.75 Å². The Kier molecular flexibility index (Phi) is 5.23. The molecule has 0 saturated heterocycles. The van der Waals surface area contributed by atoms with Crippen LogP contribution in [0.3, 0.4) is 0 Å². The standard InChI is InChI=1S/C16H15ClN2O2/c1-21-15-8-3-2-5-12(15)9-10-18-16(20)19-14-7-4-6-13(17)11-14/h2-11H,1H3,(H2,18,19,20)/b10-9+. The third-order valence-corrected chi connectivity index (χ3v) is 2.93. The number of rotatable bonds is 4. The van der Waals surface area contributed by atoms with E-state index in [9.17, 15) is 4.79 Å². The highest BCUT2D eigenvalue weighted by Crippen LogP contribution is 2.18. The quantitative estimate of drug-likeness (QED) is 0.891. The monoisotopic (exact) mass is 302 g/mol. The molecule has 0 saturated carbocycles. The third kappa shape index (κ3) is 4.54. The van der Waals surface area contributed by atoms with Crippen molar-refractivity contribution in [1.82, 2.24) is 5.32 Å². The summed E-state index contributed by atoms with van der Waals surface area (Å²) >= 11 is 5.85. The van der Waals surface area contributed by atoms with E-state index in [0.29, 0.717) is 10.7 Å². The van der Waals surface area contributed by atoms with Gasteiger partial charge in [-0.2, -0.15) is 0 Å². The summed E-state index contributed by atoms with van der Waals surface area (Å²) in [4.78, 5) is 11.7. The summed E-state index contributed by atoms with van der Waals surface area (Å²) in [6.07, 6.45) is 3.31. The molecule has 0 aliphatic carbocycles. The van der Waals surface area contributed by atoms with Crippen LogP contribution in [0, 0.1) is 0 Å². The summed E-state index contributed by atoms with van der Waals surface area (Å²) in [7, 11) is 1.60. The van der Waals surface area contributed by atoms with Crippen molar-refractivity contribution < 1.29 is 9.53 Å². The van der Waals surface area contributed by atoms with Crippen molar-refractivity contribution in [1.29, 1.82) is 0 Å². The molecule has 0 aliphatic rings. The predicted molar refractivity (Wildman–Crippen MR) is 85.6 cm³/mol. The Bertz CT molecular complexity index is 656. The maximum atomic E-state index is 11.7. The largest absolute Gasteiger partial charge is 0.496 e. The Morgan fingerprint density at radius 2 is 2.00 bits per heavy atom. The molecule has 0 spiro atoms.